The minimum Gasteiger partial charge on any atom is -0.497 e. The van der Waals surface area contributed by atoms with Gasteiger partial charge in [-0.25, -0.2) is 0 Å². The van der Waals surface area contributed by atoms with Gasteiger partial charge in [0.25, 0.3) is 0 Å². The van der Waals surface area contributed by atoms with Gasteiger partial charge >= 0.3 is 0 Å². The maximum absolute atomic E-state index is 12.2. The average Bonchev–Trinajstić information content (AvgIpc) is 2.60. The van der Waals surface area contributed by atoms with Gasteiger partial charge in [0, 0.05) is 23.0 Å². The Kier molecular flexibility index (Phi) is 6.05. The van der Waals surface area contributed by atoms with Crippen LogP contribution in [-0.2, 0) is 4.79 Å². The normalized spacial score (nSPS) is 13.2. The Morgan fingerprint density at radius 1 is 1.13 bits per heavy atom. The zero-order chi connectivity index (χ0) is 16.8. The van der Waals surface area contributed by atoms with Crippen LogP contribution in [0.1, 0.15) is 31.9 Å². The standard InChI is InChI=1S/C19H22ClNO2/c1-4-18(22)13(2)19(14-5-11-17(23-3)12-6-14)21-16-9-7-15(20)8-10-16/h5-13,19,21H,4H2,1-3H3/t13-,19?/m0/s1. The smallest absolute Gasteiger partial charge is 0.137 e. The second-order valence-electron chi connectivity index (χ2n) is 5.51. The van der Waals surface area contributed by atoms with Gasteiger partial charge in [-0.3, -0.25) is 4.79 Å². The molecule has 0 fully saturated rings. The SMILES string of the molecule is CCC(=O)[C@H](C)C(Nc1ccc(Cl)cc1)c1ccc(OC)cc1. The Morgan fingerprint density at radius 2 is 1.74 bits per heavy atom. The van der Waals surface area contributed by atoms with Crippen LogP contribution in [0.5, 0.6) is 5.75 Å². The number of hydrogen-bond acceptors (Lipinski definition) is 3. The summed E-state index contributed by atoms with van der Waals surface area (Å²) in [5, 5.41) is 4.14. The van der Waals surface area contributed by atoms with Crippen LogP contribution in [-0.4, -0.2) is 12.9 Å². The summed E-state index contributed by atoms with van der Waals surface area (Å²) in [6.07, 6.45) is 0.524. The predicted octanol–water partition coefficient (Wildman–Crippen LogP) is 5.12. The maximum atomic E-state index is 12.2. The van der Waals surface area contributed by atoms with Crippen molar-refractivity contribution in [1.29, 1.82) is 0 Å². The molecular weight excluding hydrogens is 310 g/mol. The van der Waals surface area contributed by atoms with Gasteiger partial charge in [0.2, 0.25) is 0 Å². The van der Waals surface area contributed by atoms with Crippen molar-refractivity contribution in [1.82, 2.24) is 0 Å². The topological polar surface area (TPSA) is 38.3 Å². The van der Waals surface area contributed by atoms with Crippen LogP contribution in [0.3, 0.4) is 0 Å². The molecule has 4 heteroatoms. The van der Waals surface area contributed by atoms with Gasteiger partial charge in [0.1, 0.15) is 11.5 Å². The van der Waals surface area contributed by atoms with Crippen LogP contribution in [0.2, 0.25) is 5.02 Å². The highest BCUT2D eigenvalue weighted by atomic mass is 35.5. The molecule has 2 aromatic rings. The Hall–Kier alpha value is -2.00. The van der Waals surface area contributed by atoms with Crippen molar-refractivity contribution in [2.75, 3.05) is 12.4 Å². The fraction of sp³-hybridized carbons (Fsp3) is 0.316. The fourth-order valence-corrected chi connectivity index (χ4v) is 2.67. The first-order chi connectivity index (χ1) is 11.0. The van der Waals surface area contributed by atoms with E-state index in [9.17, 15) is 4.79 Å². The van der Waals surface area contributed by atoms with E-state index < -0.39 is 0 Å². The number of hydrogen-bond donors (Lipinski definition) is 1. The lowest BCUT2D eigenvalue weighted by atomic mass is 9.89. The maximum Gasteiger partial charge on any atom is 0.137 e. The molecule has 0 aromatic heterocycles. The first kappa shape index (κ1) is 17.4. The van der Waals surface area contributed by atoms with E-state index in [0.717, 1.165) is 17.0 Å². The summed E-state index contributed by atoms with van der Waals surface area (Å²) in [6, 6.07) is 15.2. The Balaban J connectivity index is 2.30. The molecule has 0 aliphatic rings. The van der Waals surface area contributed by atoms with E-state index in [-0.39, 0.29) is 17.7 Å². The van der Waals surface area contributed by atoms with Gasteiger partial charge in [-0.1, -0.05) is 37.6 Å². The van der Waals surface area contributed by atoms with Crippen LogP contribution in [0.25, 0.3) is 0 Å². The van der Waals surface area contributed by atoms with E-state index in [4.69, 9.17) is 16.3 Å². The summed E-state index contributed by atoms with van der Waals surface area (Å²) in [5.41, 5.74) is 1.99. The number of ether oxygens (including phenoxy) is 1. The van der Waals surface area contributed by atoms with Crippen LogP contribution in [0.15, 0.2) is 48.5 Å². The summed E-state index contributed by atoms with van der Waals surface area (Å²) in [6.45, 7) is 3.86. The molecule has 2 atom stereocenters. The van der Waals surface area contributed by atoms with Gasteiger partial charge < -0.3 is 10.1 Å². The monoisotopic (exact) mass is 331 g/mol. The zero-order valence-electron chi connectivity index (χ0n) is 13.7. The summed E-state index contributed by atoms with van der Waals surface area (Å²) >= 11 is 5.94. The number of benzene rings is 2. The summed E-state index contributed by atoms with van der Waals surface area (Å²) < 4.78 is 5.21. The molecule has 1 N–H and O–H groups in total. The summed E-state index contributed by atoms with van der Waals surface area (Å²) in [7, 11) is 1.64. The number of anilines is 1. The number of nitrogens with one attached hydrogen (secondary N) is 1. The van der Waals surface area contributed by atoms with Crippen LogP contribution >= 0.6 is 11.6 Å². The van der Waals surface area contributed by atoms with E-state index in [1.807, 2.05) is 62.4 Å². The van der Waals surface area contributed by atoms with Crippen molar-refractivity contribution in [2.45, 2.75) is 26.3 Å². The first-order valence-electron chi connectivity index (χ1n) is 7.74. The number of Topliss-reactive ketones (excluding diaryl/α,β-unsaturated/α-hetero) is 1. The molecule has 0 saturated carbocycles. The molecule has 0 spiro atoms. The minimum atomic E-state index is -0.135. The third-order valence-corrected chi connectivity index (χ3v) is 4.25. The number of methoxy groups -OCH3 is 1. The molecule has 1 unspecified atom stereocenters. The molecule has 23 heavy (non-hydrogen) atoms. The van der Waals surface area contributed by atoms with Crippen molar-refractivity contribution in [3.8, 4) is 5.75 Å². The van der Waals surface area contributed by atoms with E-state index in [1.54, 1.807) is 7.11 Å². The highest BCUT2D eigenvalue weighted by molar-refractivity contribution is 6.30. The lowest BCUT2D eigenvalue weighted by molar-refractivity contribution is -0.122. The highest BCUT2D eigenvalue weighted by Gasteiger charge is 2.24. The van der Waals surface area contributed by atoms with Crippen molar-refractivity contribution >= 4 is 23.1 Å². The zero-order valence-corrected chi connectivity index (χ0v) is 14.4. The van der Waals surface area contributed by atoms with Gasteiger partial charge in [0.15, 0.2) is 0 Å². The molecular formula is C19H22ClNO2. The highest BCUT2D eigenvalue weighted by Crippen LogP contribution is 2.29. The van der Waals surface area contributed by atoms with Crippen LogP contribution in [0, 0.1) is 5.92 Å². The van der Waals surface area contributed by atoms with Crippen molar-refractivity contribution in [3.63, 3.8) is 0 Å². The number of halogens is 1. The van der Waals surface area contributed by atoms with Gasteiger partial charge in [-0.05, 0) is 42.0 Å². The molecule has 0 aliphatic carbocycles. The number of carbonyl (C=O) groups excluding carboxylic acids is 1. The number of carbonyl (C=O) groups is 1. The molecule has 3 nitrogen and oxygen atoms in total. The molecule has 0 saturated heterocycles. The molecule has 2 rings (SSSR count). The summed E-state index contributed by atoms with van der Waals surface area (Å²) in [5.74, 6) is 0.893. The average molecular weight is 332 g/mol. The Morgan fingerprint density at radius 3 is 2.26 bits per heavy atom. The van der Waals surface area contributed by atoms with Crippen molar-refractivity contribution in [3.05, 3.63) is 59.1 Å². The van der Waals surface area contributed by atoms with Crippen LogP contribution in [0.4, 0.5) is 5.69 Å². The van der Waals surface area contributed by atoms with E-state index in [1.165, 1.54) is 0 Å². The molecule has 0 heterocycles. The molecule has 0 bridgehead atoms. The Labute approximate surface area is 142 Å². The first-order valence-corrected chi connectivity index (χ1v) is 8.11. The largest absolute Gasteiger partial charge is 0.497 e. The second-order valence-corrected chi connectivity index (χ2v) is 5.95. The fourth-order valence-electron chi connectivity index (χ4n) is 2.54. The molecule has 122 valence electrons. The van der Waals surface area contributed by atoms with E-state index in [0.29, 0.717) is 11.4 Å². The third-order valence-electron chi connectivity index (χ3n) is 4.00. The van der Waals surface area contributed by atoms with Crippen molar-refractivity contribution < 1.29 is 9.53 Å². The quantitative estimate of drug-likeness (QED) is 0.765. The van der Waals surface area contributed by atoms with E-state index in [2.05, 4.69) is 5.32 Å². The molecule has 0 amide bonds. The van der Waals surface area contributed by atoms with Crippen LogP contribution < -0.4 is 10.1 Å². The molecule has 0 aliphatic heterocycles. The van der Waals surface area contributed by atoms with Gasteiger partial charge in [0.05, 0.1) is 13.2 Å². The lowest BCUT2D eigenvalue weighted by Crippen LogP contribution is -2.25. The van der Waals surface area contributed by atoms with Crippen molar-refractivity contribution in [2.24, 2.45) is 5.92 Å². The number of rotatable bonds is 7. The molecule has 2 aromatic carbocycles. The molecule has 0 radical (unpaired) electrons. The summed E-state index contributed by atoms with van der Waals surface area (Å²) in [4.78, 5) is 12.2. The Bertz CT molecular complexity index is 637. The van der Waals surface area contributed by atoms with Gasteiger partial charge in [-0.15, -0.1) is 0 Å². The lowest BCUT2D eigenvalue weighted by Gasteiger charge is -2.26. The van der Waals surface area contributed by atoms with E-state index >= 15 is 0 Å². The minimum absolute atomic E-state index is 0.102. The third kappa shape index (κ3) is 4.49. The number of ketones is 1. The predicted molar refractivity (Wildman–Crippen MR) is 95.3 cm³/mol. The second kappa shape index (κ2) is 8.02. The van der Waals surface area contributed by atoms with Gasteiger partial charge in [-0.2, -0.15) is 0 Å².